The van der Waals surface area contributed by atoms with Crippen LogP contribution in [0.1, 0.15) is 37.7 Å². The lowest BCUT2D eigenvalue weighted by Crippen LogP contribution is -2.54. The van der Waals surface area contributed by atoms with E-state index in [1.165, 1.54) is 64.8 Å². The predicted octanol–water partition coefficient (Wildman–Crippen LogP) is 2.34. The van der Waals surface area contributed by atoms with Crippen LogP contribution in [0.15, 0.2) is 48.6 Å². The minimum Gasteiger partial charge on any atom is -0.478 e. The number of fused-ring (bicyclic) bond motifs is 1. The minimum absolute atomic E-state index is 0.558. The van der Waals surface area contributed by atoms with E-state index in [9.17, 15) is 19.2 Å². The molecule has 2 aliphatic heterocycles. The molecule has 212 valence electrons. The van der Waals surface area contributed by atoms with Crippen molar-refractivity contribution in [3.8, 4) is 6.07 Å². The first kappa shape index (κ1) is 32.8. The van der Waals surface area contributed by atoms with E-state index in [1.807, 2.05) is 24.3 Å². The molecule has 0 radical (unpaired) electrons. The van der Waals surface area contributed by atoms with Crippen molar-refractivity contribution in [1.82, 2.24) is 9.80 Å². The Labute approximate surface area is 227 Å². The largest absolute Gasteiger partial charge is 0.478 e. The molecule has 39 heavy (non-hydrogen) atoms. The van der Waals surface area contributed by atoms with Crippen LogP contribution >= 0.6 is 0 Å². The molecule has 0 aromatic heterocycles. The summed E-state index contributed by atoms with van der Waals surface area (Å²) in [6, 6.07) is 10.7. The van der Waals surface area contributed by atoms with Crippen molar-refractivity contribution < 1.29 is 39.6 Å². The van der Waals surface area contributed by atoms with Crippen LogP contribution < -0.4 is 5.32 Å². The molecule has 1 atom stereocenters. The van der Waals surface area contributed by atoms with E-state index in [4.69, 9.17) is 25.7 Å². The highest BCUT2D eigenvalue weighted by Gasteiger charge is 2.28. The molecular weight excluding hydrogens is 508 g/mol. The average Bonchev–Trinajstić information content (AvgIpc) is 2.91. The van der Waals surface area contributed by atoms with Crippen LogP contribution in [0.25, 0.3) is 0 Å². The van der Waals surface area contributed by atoms with Gasteiger partial charge in [0.25, 0.3) is 0 Å². The summed E-state index contributed by atoms with van der Waals surface area (Å²) in [7, 11) is 0. The van der Waals surface area contributed by atoms with E-state index >= 15 is 0 Å². The zero-order chi connectivity index (χ0) is 29.0. The summed E-state index contributed by atoms with van der Waals surface area (Å²) in [6.45, 7) is 7.37. The Balaban J connectivity index is 0.000000393. The molecule has 12 heteroatoms. The SMILES string of the molecule is N#Cc1ccc(NCCCCN2CCN3CCCCC3C2)cc1.O=C(O)C=CC(=O)O.O=C(O)C=CC(=O)O. The highest BCUT2D eigenvalue weighted by atomic mass is 16.4. The lowest BCUT2D eigenvalue weighted by atomic mass is 9.99. The van der Waals surface area contributed by atoms with Crippen LogP contribution in [0.5, 0.6) is 0 Å². The third kappa shape index (κ3) is 16.3. The molecule has 0 amide bonds. The molecule has 1 unspecified atom stereocenters. The van der Waals surface area contributed by atoms with E-state index in [2.05, 4.69) is 21.2 Å². The van der Waals surface area contributed by atoms with E-state index in [1.54, 1.807) is 0 Å². The van der Waals surface area contributed by atoms with Gasteiger partial charge in [0.1, 0.15) is 0 Å². The number of carbonyl (C=O) groups is 4. The van der Waals surface area contributed by atoms with Crippen molar-refractivity contribution >= 4 is 29.6 Å². The maximum absolute atomic E-state index is 9.55. The number of nitrogens with zero attached hydrogens (tertiary/aromatic N) is 3. The second-order valence-electron chi connectivity index (χ2n) is 8.83. The summed E-state index contributed by atoms with van der Waals surface area (Å²) in [5.74, 6) is -5.03. The summed E-state index contributed by atoms with van der Waals surface area (Å²) in [5, 5.41) is 43.5. The van der Waals surface area contributed by atoms with Crippen LogP contribution in [-0.4, -0.2) is 99.4 Å². The van der Waals surface area contributed by atoms with E-state index in [0.717, 1.165) is 23.8 Å². The molecule has 0 bridgehead atoms. The third-order valence-corrected chi connectivity index (χ3v) is 5.90. The Kier molecular flexibility index (Phi) is 15.9. The van der Waals surface area contributed by atoms with Gasteiger partial charge in [0, 0.05) is 62.2 Å². The fourth-order valence-corrected chi connectivity index (χ4v) is 4.06. The number of benzene rings is 1. The van der Waals surface area contributed by atoms with Gasteiger partial charge in [0.05, 0.1) is 11.6 Å². The zero-order valence-corrected chi connectivity index (χ0v) is 21.7. The lowest BCUT2D eigenvalue weighted by molar-refractivity contribution is -0.134. The fourth-order valence-electron chi connectivity index (χ4n) is 4.06. The number of piperidine rings is 1. The molecule has 2 saturated heterocycles. The molecule has 12 nitrogen and oxygen atoms in total. The van der Waals surface area contributed by atoms with E-state index < -0.39 is 23.9 Å². The molecule has 2 fully saturated rings. The average molecular weight is 545 g/mol. The smallest absolute Gasteiger partial charge is 0.328 e. The topological polar surface area (TPSA) is 192 Å². The summed E-state index contributed by atoms with van der Waals surface area (Å²) in [4.78, 5) is 43.6. The van der Waals surface area contributed by atoms with Crippen molar-refractivity contribution in [3.63, 3.8) is 0 Å². The van der Waals surface area contributed by atoms with Gasteiger partial charge in [-0.15, -0.1) is 0 Å². The van der Waals surface area contributed by atoms with Crippen LogP contribution in [0, 0.1) is 11.3 Å². The van der Waals surface area contributed by atoms with Gasteiger partial charge in [0.2, 0.25) is 0 Å². The zero-order valence-electron chi connectivity index (χ0n) is 21.7. The Morgan fingerprint density at radius 2 is 1.41 bits per heavy atom. The highest BCUT2D eigenvalue weighted by molar-refractivity contribution is 5.90. The number of carboxylic acid groups (broad SMARTS) is 4. The Bertz CT molecular complexity index is 967. The molecule has 3 rings (SSSR count). The molecule has 0 spiro atoms. The van der Waals surface area contributed by atoms with Crippen molar-refractivity contribution in [2.45, 2.75) is 38.1 Å². The minimum atomic E-state index is -1.26. The maximum atomic E-state index is 9.55. The van der Waals surface area contributed by atoms with Crippen molar-refractivity contribution in [2.75, 3.05) is 44.6 Å². The first-order valence-corrected chi connectivity index (χ1v) is 12.6. The quantitative estimate of drug-likeness (QED) is 0.214. The van der Waals surface area contributed by atoms with Gasteiger partial charge < -0.3 is 30.6 Å². The summed E-state index contributed by atoms with van der Waals surface area (Å²) in [6.07, 6.45) is 8.91. The number of hydrogen-bond acceptors (Lipinski definition) is 8. The first-order valence-electron chi connectivity index (χ1n) is 12.6. The van der Waals surface area contributed by atoms with Gasteiger partial charge in [-0.05, 0) is 63.0 Å². The first-order chi connectivity index (χ1) is 18.6. The molecular formula is C27H36N4O8. The van der Waals surface area contributed by atoms with Crippen LogP contribution in [0.4, 0.5) is 5.69 Å². The standard InChI is InChI=1S/C19H28N4.2C4H4O4/c20-15-17-6-8-18(9-7-17)21-10-2-4-11-22-13-14-23-12-3-1-5-19(23)16-22;2*5-3(6)1-2-4(7)8/h6-9,19,21H,1-5,10-14,16H2;2*1-2H,(H,5,6)(H,7,8). The van der Waals surface area contributed by atoms with Gasteiger partial charge >= 0.3 is 23.9 Å². The number of hydrogen-bond donors (Lipinski definition) is 5. The number of piperazine rings is 1. The van der Waals surface area contributed by atoms with E-state index in [0.29, 0.717) is 24.3 Å². The number of nitriles is 1. The summed E-state index contributed by atoms with van der Waals surface area (Å²) < 4.78 is 0. The second-order valence-corrected chi connectivity index (χ2v) is 8.83. The maximum Gasteiger partial charge on any atom is 0.328 e. The Morgan fingerprint density at radius 3 is 1.92 bits per heavy atom. The molecule has 2 aliphatic rings. The fraction of sp³-hybridized carbons (Fsp3) is 0.444. The van der Waals surface area contributed by atoms with Crippen LogP contribution in [-0.2, 0) is 19.2 Å². The molecule has 5 N–H and O–H groups in total. The van der Waals surface area contributed by atoms with Crippen molar-refractivity contribution in [3.05, 3.63) is 54.1 Å². The predicted molar refractivity (Wildman–Crippen MR) is 143 cm³/mol. The van der Waals surface area contributed by atoms with Crippen LogP contribution in [0.3, 0.4) is 0 Å². The molecule has 2 heterocycles. The van der Waals surface area contributed by atoms with Gasteiger partial charge in [-0.3, -0.25) is 4.90 Å². The van der Waals surface area contributed by atoms with E-state index in [-0.39, 0.29) is 0 Å². The highest BCUT2D eigenvalue weighted by Crippen LogP contribution is 2.21. The van der Waals surface area contributed by atoms with Gasteiger partial charge in [-0.25, -0.2) is 19.2 Å². The number of unbranched alkanes of at least 4 members (excludes halogenated alkanes) is 1. The Morgan fingerprint density at radius 1 is 0.846 bits per heavy atom. The lowest BCUT2D eigenvalue weighted by Gasteiger charge is -2.44. The van der Waals surface area contributed by atoms with Crippen LogP contribution in [0.2, 0.25) is 0 Å². The number of carboxylic acids is 4. The second kappa shape index (κ2) is 18.9. The van der Waals surface area contributed by atoms with Crippen molar-refractivity contribution in [2.24, 2.45) is 0 Å². The molecule has 0 aliphatic carbocycles. The van der Waals surface area contributed by atoms with Gasteiger partial charge in [0.15, 0.2) is 0 Å². The molecule has 1 aromatic carbocycles. The number of rotatable bonds is 10. The summed E-state index contributed by atoms with van der Waals surface area (Å²) in [5.41, 5.74) is 1.83. The molecule has 0 saturated carbocycles. The number of anilines is 1. The number of nitrogens with one attached hydrogen (secondary N) is 1. The normalized spacial score (nSPS) is 17.1. The van der Waals surface area contributed by atoms with Gasteiger partial charge in [-0.1, -0.05) is 6.42 Å². The summed E-state index contributed by atoms with van der Waals surface area (Å²) >= 11 is 0. The molecule has 1 aromatic rings. The third-order valence-electron chi connectivity index (χ3n) is 5.90. The monoisotopic (exact) mass is 544 g/mol. The Hall–Kier alpha value is -4.21. The van der Waals surface area contributed by atoms with Gasteiger partial charge in [-0.2, -0.15) is 5.26 Å². The van der Waals surface area contributed by atoms with Crippen molar-refractivity contribution in [1.29, 1.82) is 5.26 Å². The number of aliphatic carboxylic acids is 4.